The number of alkyl halides is 5. The van der Waals surface area contributed by atoms with Crippen molar-refractivity contribution in [3.05, 3.63) is 71.3 Å². The summed E-state index contributed by atoms with van der Waals surface area (Å²) >= 11 is 0. The average molecular weight is 430 g/mol. The van der Waals surface area contributed by atoms with Crippen LogP contribution >= 0.6 is 0 Å². The van der Waals surface area contributed by atoms with Crippen LogP contribution in [0.25, 0.3) is 5.69 Å². The number of benzene rings is 2. The molecule has 0 fully saturated rings. The van der Waals surface area contributed by atoms with E-state index < -0.39 is 35.9 Å². The number of ether oxygens (including phenoxy) is 1. The summed E-state index contributed by atoms with van der Waals surface area (Å²) < 4.78 is 83.2. The number of halogens is 6. The van der Waals surface area contributed by atoms with Crippen molar-refractivity contribution in [2.75, 3.05) is 0 Å². The standard InChI is InChI=1S/C18H12F6N4O2/c19-11-4-2-5-12(8-11)28-15(18(22,23)24)14(26-27-28)16(29)25-9-10-3-1-6-13(7-10)30-17(20)21/h1-8,17H,9H2,(H,25,29). The molecule has 0 radical (unpaired) electrons. The Morgan fingerprint density at radius 1 is 1.13 bits per heavy atom. The molecule has 3 rings (SSSR count). The van der Waals surface area contributed by atoms with Crippen molar-refractivity contribution in [3.8, 4) is 11.4 Å². The molecule has 0 bridgehead atoms. The lowest BCUT2D eigenvalue weighted by atomic mass is 10.2. The van der Waals surface area contributed by atoms with Crippen LogP contribution in [-0.4, -0.2) is 27.5 Å². The minimum atomic E-state index is -5.02. The Hall–Kier alpha value is -3.57. The molecule has 0 saturated carbocycles. The first-order valence-electron chi connectivity index (χ1n) is 8.26. The first kappa shape index (κ1) is 21.1. The van der Waals surface area contributed by atoms with Gasteiger partial charge in [0, 0.05) is 6.54 Å². The van der Waals surface area contributed by atoms with E-state index in [0.29, 0.717) is 10.2 Å². The summed E-state index contributed by atoms with van der Waals surface area (Å²) in [7, 11) is 0. The largest absolute Gasteiger partial charge is 0.435 e. The molecule has 0 aliphatic heterocycles. The van der Waals surface area contributed by atoms with Gasteiger partial charge in [-0.3, -0.25) is 4.79 Å². The van der Waals surface area contributed by atoms with Gasteiger partial charge in [-0.25, -0.2) is 9.07 Å². The van der Waals surface area contributed by atoms with Crippen LogP contribution < -0.4 is 10.1 Å². The molecule has 0 unspecified atom stereocenters. The van der Waals surface area contributed by atoms with Crippen LogP contribution in [0.3, 0.4) is 0 Å². The fraction of sp³-hybridized carbons (Fsp3) is 0.167. The van der Waals surface area contributed by atoms with E-state index in [4.69, 9.17) is 0 Å². The number of nitrogens with zero attached hydrogens (tertiary/aromatic N) is 3. The van der Waals surface area contributed by atoms with E-state index in [1.54, 1.807) is 0 Å². The lowest BCUT2D eigenvalue weighted by molar-refractivity contribution is -0.143. The van der Waals surface area contributed by atoms with Crippen LogP contribution in [0.2, 0.25) is 0 Å². The van der Waals surface area contributed by atoms with Crippen LogP contribution in [0.5, 0.6) is 5.75 Å². The smallest absolute Gasteiger partial charge is 0.435 e. The predicted octanol–water partition coefficient (Wildman–Crippen LogP) is 3.96. The van der Waals surface area contributed by atoms with Gasteiger partial charge in [0.05, 0.1) is 5.69 Å². The van der Waals surface area contributed by atoms with Crippen molar-refractivity contribution in [2.24, 2.45) is 0 Å². The van der Waals surface area contributed by atoms with Crippen molar-refractivity contribution < 1.29 is 35.9 Å². The van der Waals surface area contributed by atoms with Gasteiger partial charge in [-0.1, -0.05) is 23.4 Å². The van der Waals surface area contributed by atoms with Crippen LogP contribution in [0, 0.1) is 5.82 Å². The normalized spacial score (nSPS) is 11.6. The van der Waals surface area contributed by atoms with Gasteiger partial charge in [-0.2, -0.15) is 22.0 Å². The van der Waals surface area contributed by atoms with E-state index >= 15 is 0 Å². The molecular weight excluding hydrogens is 418 g/mol. The molecule has 3 aromatic rings. The number of carbonyl (C=O) groups is 1. The highest BCUT2D eigenvalue weighted by molar-refractivity contribution is 5.93. The van der Waals surface area contributed by atoms with Gasteiger partial charge < -0.3 is 10.1 Å². The Morgan fingerprint density at radius 3 is 2.53 bits per heavy atom. The maximum absolute atomic E-state index is 13.6. The maximum atomic E-state index is 13.6. The number of amides is 1. The molecule has 158 valence electrons. The van der Waals surface area contributed by atoms with Gasteiger partial charge in [-0.05, 0) is 35.9 Å². The first-order valence-corrected chi connectivity index (χ1v) is 8.26. The molecule has 0 aliphatic carbocycles. The summed E-state index contributed by atoms with van der Waals surface area (Å²) in [5.41, 5.74) is -2.48. The third-order valence-corrected chi connectivity index (χ3v) is 3.78. The van der Waals surface area contributed by atoms with E-state index in [-0.39, 0.29) is 18.0 Å². The Labute approximate surface area is 165 Å². The number of carbonyl (C=O) groups excluding carboxylic acids is 1. The van der Waals surface area contributed by atoms with Crippen LogP contribution in [0.15, 0.2) is 48.5 Å². The number of hydrogen-bond acceptors (Lipinski definition) is 4. The SMILES string of the molecule is O=C(NCc1cccc(OC(F)F)c1)c1nnn(-c2cccc(F)c2)c1C(F)(F)F. The fourth-order valence-electron chi connectivity index (χ4n) is 2.58. The molecule has 1 N–H and O–H groups in total. The van der Waals surface area contributed by atoms with E-state index in [1.807, 2.05) is 0 Å². The van der Waals surface area contributed by atoms with Gasteiger partial charge in [0.15, 0.2) is 11.4 Å². The predicted molar refractivity (Wildman–Crippen MR) is 90.6 cm³/mol. The van der Waals surface area contributed by atoms with E-state index in [0.717, 1.165) is 12.1 Å². The zero-order valence-electron chi connectivity index (χ0n) is 14.8. The van der Waals surface area contributed by atoms with Crippen LogP contribution in [0.1, 0.15) is 21.7 Å². The zero-order chi connectivity index (χ0) is 21.9. The quantitative estimate of drug-likeness (QED) is 0.602. The number of nitrogens with one attached hydrogen (secondary N) is 1. The third kappa shape index (κ3) is 4.88. The number of aromatic nitrogens is 3. The molecule has 30 heavy (non-hydrogen) atoms. The molecule has 0 spiro atoms. The molecular formula is C18H12F6N4O2. The van der Waals surface area contributed by atoms with E-state index in [1.165, 1.54) is 36.4 Å². The topological polar surface area (TPSA) is 69.0 Å². The molecule has 1 aromatic heterocycles. The highest BCUT2D eigenvalue weighted by atomic mass is 19.4. The Morgan fingerprint density at radius 2 is 1.87 bits per heavy atom. The van der Waals surface area contributed by atoms with Crippen molar-refractivity contribution in [2.45, 2.75) is 19.3 Å². The molecule has 12 heteroatoms. The Balaban J connectivity index is 1.84. The maximum Gasteiger partial charge on any atom is 0.435 e. The summed E-state index contributed by atoms with van der Waals surface area (Å²) in [6, 6.07) is 9.47. The second-order valence-corrected chi connectivity index (χ2v) is 5.88. The Kier molecular flexibility index (Phi) is 5.94. The van der Waals surface area contributed by atoms with Crippen molar-refractivity contribution in [1.29, 1.82) is 0 Å². The molecule has 6 nitrogen and oxygen atoms in total. The van der Waals surface area contributed by atoms with Crippen molar-refractivity contribution in [3.63, 3.8) is 0 Å². The van der Waals surface area contributed by atoms with Gasteiger partial charge >= 0.3 is 12.8 Å². The molecule has 1 heterocycles. The highest BCUT2D eigenvalue weighted by Crippen LogP contribution is 2.32. The molecule has 0 saturated heterocycles. The molecule has 2 aromatic carbocycles. The molecule has 0 atom stereocenters. The zero-order valence-corrected chi connectivity index (χ0v) is 14.8. The third-order valence-electron chi connectivity index (χ3n) is 3.78. The lowest BCUT2D eigenvalue weighted by Crippen LogP contribution is -2.27. The molecule has 0 aliphatic rings. The van der Waals surface area contributed by atoms with E-state index in [2.05, 4.69) is 20.4 Å². The van der Waals surface area contributed by atoms with Crippen molar-refractivity contribution >= 4 is 5.91 Å². The summed E-state index contributed by atoms with van der Waals surface area (Å²) in [5.74, 6) is -2.18. The van der Waals surface area contributed by atoms with Crippen molar-refractivity contribution in [1.82, 2.24) is 20.3 Å². The van der Waals surface area contributed by atoms with Gasteiger partial charge in [0.2, 0.25) is 0 Å². The summed E-state index contributed by atoms with van der Waals surface area (Å²) in [6.45, 7) is -3.34. The second kappa shape index (κ2) is 8.43. The summed E-state index contributed by atoms with van der Waals surface area (Å²) in [5, 5.41) is 8.84. The molecule has 1 amide bonds. The monoisotopic (exact) mass is 430 g/mol. The minimum Gasteiger partial charge on any atom is -0.435 e. The number of rotatable bonds is 6. The highest BCUT2D eigenvalue weighted by Gasteiger charge is 2.42. The van der Waals surface area contributed by atoms with Crippen LogP contribution in [-0.2, 0) is 12.7 Å². The fourth-order valence-corrected chi connectivity index (χ4v) is 2.58. The van der Waals surface area contributed by atoms with Crippen LogP contribution in [0.4, 0.5) is 26.3 Å². The first-order chi connectivity index (χ1) is 14.1. The van der Waals surface area contributed by atoms with Gasteiger partial charge in [-0.15, -0.1) is 5.10 Å². The van der Waals surface area contributed by atoms with E-state index in [9.17, 15) is 31.1 Å². The minimum absolute atomic E-state index is 0.176. The summed E-state index contributed by atoms with van der Waals surface area (Å²) in [6.07, 6.45) is -5.02. The Bertz CT molecular complexity index is 1050. The van der Waals surface area contributed by atoms with Gasteiger partial charge in [0.1, 0.15) is 11.6 Å². The van der Waals surface area contributed by atoms with Gasteiger partial charge in [0.25, 0.3) is 5.91 Å². The summed E-state index contributed by atoms with van der Waals surface area (Å²) in [4.78, 5) is 12.3. The second-order valence-electron chi connectivity index (χ2n) is 5.88. The lowest BCUT2D eigenvalue weighted by Gasteiger charge is -2.11. The average Bonchev–Trinajstić information content (AvgIpc) is 3.12. The number of hydrogen-bond donors (Lipinski definition) is 1.